The van der Waals surface area contributed by atoms with E-state index < -0.39 is 0 Å². The number of nitrogens with zero attached hydrogens (tertiary/aromatic N) is 7. The summed E-state index contributed by atoms with van der Waals surface area (Å²) in [4.78, 5) is 0. The smallest absolute Gasteiger partial charge is 0.191 e. The molecule has 1 aliphatic carbocycles. The Hall–Kier alpha value is -1.48. The van der Waals surface area contributed by atoms with Gasteiger partial charge in [-0.05, 0) is 29.7 Å². The average molecular weight is 294 g/mol. The summed E-state index contributed by atoms with van der Waals surface area (Å²) in [6, 6.07) is 0.526. The minimum Gasteiger partial charge on any atom is -0.324 e. The molecule has 108 valence electrons. The molecule has 20 heavy (non-hydrogen) atoms. The number of nitrogens with two attached hydrogens (primary N) is 1. The van der Waals surface area contributed by atoms with E-state index in [1.54, 1.807) is 11.8 Å². The monoisotopic (exact) mass is 294 g/mol. The topological polar surface area (TPSA) is 100 Å². The molecule has 0 atom stereocenters. The van der Waals surface area contributed by atoms with Gasteiger partial charge in [-0.3, -0.25) is 0 Å². The molecule has 0 saturated heterocycles. The Labute approximate surface area is 121 Å². The predicted octanol–water partition coefficient (Wildman–Crippen LogP) is 0.760. The van der Waals surface area contributed by atoms with E-state index >= 15 is 0 Å². The van der Waals surface area contributed by atoms with Gasteiger partial charge in [0.05, 0.1) is 12.3 Å². The number of tetrazole rings is 1. The Morgan fingerprint density at radius 2 is 2.10 bits per heavy atom. The molecule has 8 nitrogen and oxygen atoms in total. The van der Waals surface area contributed by atoms with E-state index in [2.05, 4.69) is 37.2 Å². The van der Waals surface area contributed by atoms with E-state index in [9.17, 15) is 0 Å². The van der Waals surface area contributed by atoms with Crippen LogP contribution < -0.4 is 5.73 Å². The molecule has 2 aromatic rings. The molecule has 9 heteroatoms. The zero-order valence-corrected chi connectivity index (χ0v) is 12.3. The molecular weight excluding hydrogens is 276 g/mol. The van der Waals surface area contributed by atoms with Crippen molar-refractivity contribution in [2.75, 3.05) is 0 Å². The second kappa shape index (κ2) is 5.88. The first-order chi connectivity index (χ1) is 9.83. The van der Waals surface area contributed by atoms with Crippen molar-refractivity contribution in [3.05, 3.63) is 11.6 Å². The quantitative estimate of drug-likeness (QED) is 0.752. The second-order valence-electron chi connectivity index (χ2n) is 4.81. The third kappa shape index (κ3) is 2.68. The van der Waals surface area contributed by atoms with Crippen LogP contribution in [-0.2, 0) is 18.8 Å². The Morgan fingerprint density at radius 3 is 2.80 bits per heavy atom. The maximum atomic E-state index is 5.71. The van der Waals surface area contributed by atoms with Gasteiger partial charge in [-0.15, -0.1) is 15.3 Å². The van der Waals surface area contributed by atoms with Crippen molar-refractivity contribution >= 4 is 11.8 Å². The third-order valence-corrected chi connectivity index (χ3v) is 4.14. The number of aromatic nitrogens is 7. The summed E-state index contributed by atoms with van der Waals surface area (Å²) in [7, 11) is 0. The summed E-state index contributed by atoms with van der Waals surface area (Å²) < 4.78 is 4.01. The maximum absolute atomic E-state index is 5.71. The summed E-state index contributed by atoms with van der Waals surface area (Å²) >= 11 is 1.62. The minimum absolute atomic E-state index is 0.428. The normalized spacial score (nSPS) is 14.9. The van der Waals surface area contributed by atoms with Crippen LogP contribution in [0.2, 0.25) is 0 Å². The molecule has 0 amide bonds. The maximum Gasteiger partial charge on any atom is 0.191 e. The van der Waals surface area contributed by atoms with Crippen LogP contribution in [0.25, 0.3) is 0 Å². The fourth-order valence-electron chi connectivity index (χ4n) is 2.09. The lowest BCUT2D eigenvalue weighted by Gasteiger charge is -2.07. The van der Waals surface area contributed by atoms with Crippen molar-refractivity contribution in [2.24, 2.45) is 5.73 Å². The highest BCUT2D eigenvalue weighted by Crippen LogP contribution is 2.39. The van der Waals surface area contributed by atoms with Crippen molar-refractivity contribution in [1.29, 1.82) is 0 Å². The number of thioether (sulfide) groups is 1. The molecule has 1 fully saturated rings. The minimum atomic E-state index is 0.428. The van der Waals surface area contributed by atoms with Crippen LogP contribution in [0.5, 0.6) is 0 Å². The molecule has 0 spiro atoms. The molecule has 0 bridgehead atoms. The standard InChI is InChI=1S/C11H18N8S/c1-2-5-18-10(14-16-17-18)7-20-11-15-13-9(6-12)19(11)8-3-4-8/h8H,2-7,12H2,1H3. The molecule has 0 radical (unpaired) electrons. The summed E-state index contributed by atoms with van der Waals surface area (Å²) in [5.74, 6) is 2.43. The van der Waals surface area contributed by atoms with E-state index in [4.69, 9.17) is 5.73 Å². The van der Waals surface area contributed by atoms with Gasteiger partial charge < -0.3 is 10.3 Å². The van der Waals surface area contributed by atoms with E-state index in [1.165, 1.54) is 12.8 Å². The zero-order chi connectivity index (χ0) is 13.9. The summed E-state index contributed by atoms with van der Waals surface area (Å²) in [5, 5.41) is 21.1. The highest BCUT2D eigenvalue weighted by Gasteiger charge is 2.29. The van der Waals surface area contributed by atoms with Gasteiger partial charge in [0.25, 0.3) is 0 Å². The SMILES string of the molecule is CCCn1nnnc1CSc1nnc(CN)n1C1CC1. The van der Waals surface area contributed by atoms with Crippen molar-refractivity contribution < 1.29 is 0 Å². The van der Waals surface area contributed by atoms with Crippen LogP contribution in [0, 0.1) is 0 Å². The van der Waals surface area contributed by atoms with Gasteiger partial charge in [0.1, 0.15) is 5.82 Å². The lowest BCUT2D eigenvalue weighted by atomic mass is 10.5. The first-order valence-electron chi connectivity index (χ1n) is 6.85. The van der Waals surface area contributed by atoms with Crippen molar-refractivity contribution in [3.63, 3.8) is 0 Å². The van der Waals surface area contributed by atoms with Crippen LogP contribution in [0.3, 0.4) is 0 Å². The van der Waals surface area contributed by atoms with Gasteiger partial charge in [-0.25, -0.2) is 4.68 Å². The van der Waals surface area contributed by atoms with Crippen LogP contribution in [0.1, 0.15) is 43.9 Å². The van der Waals surface area contributed by atoms with Gasteiger partial charge >= 0.3 is 0 Å². The highest BCUT2D eigenvalue weighted by molar-refractivity contribution is 7.98. The number of hydrogen-bond acceptors (Lipinski definition) is 7. The fraction of sp³-hybridized carbons (Fsp3) is 0.727. The highest BCUT2D eigenvalue weighted by atomic mass is 32.2. The number of hydrogen-bond donors (Lipinski definition) is 1. The van der Waals surface area contributed by atoms with Gasteiger partial charge in [-0.2, -0.15) is 0 Å². The van der Waals surface area contributed by atoms with Crippen molar-refractivity contribution in [1.82, 2.24) is 35.0 Å². The van der Waals surface area contributed by atoms with Crippen LogP contribution >= 0.6 is 11.8 Å². The van der Waals surface area contributed by atoms with Gasteiger partial charge in [0, 0.05) is 12.6 Å². The molecule has 2 heterocycles. The molecule has 2 N–H and O–H groups in total. The molecule has 1 aliphatic rings. The van der Waals surface area contributed by atoms with Crippen LogP contribution in [0.4, 0.5) is 0 Å². The summed E-state index contributed by atoms with van der Waals surface area (Å²) in [5.41, 5.74) is 5.71. The van der Waals surface area contributed by atoms with Gasteiger partial charge in [0.2, 0.25) is 0 Å². The Balaban J connectivity index is 1.72. The largest absolute Gasteiger partial charge is 0.324 e. The van der Waals surface area contributed by atoms with Crippen molar-refractivity contribution in [3.8, 4) is 0 Å². The molecule has 1 saturated carbocycles. The molecule has 2 aromatic heterocycles. The second-order valence-corrected chi connectivity index (χ2v) is 5.75. The van der Waals surface area contributed by atoms with E-state index in [0.29, 0.717) is 18.3 Å². The molecule has 0 aliphatic heterocycles. The van der Waals surface area contributed by atoms with Gasteiger partial charge in [0.15, 0.2) is 11.0 Å². The Kier molecular flexibility index (Phi) is 3.97. The van der Waals surface area contributed by atoms with E-state index in [0.717, 1.165) is 29.8 Å². The Bertz CT molecular complexity index is 573. The first-order valence-corrected chi connectivity index (χ1v) is 7.83. The first kappa shape index (κ1) is 13.5. The average Bonchev–Trinajstić information content (AvgIpc) is 3.06. The van der Waals surface area contributed by atoms with Gasteiger partial charge in [-0.1, -0.05) is 18.7 Å². The van der Waals surface area contributed by atoms with E-state index in [1.807, 2.05) is 4.68 Å². The third-order valence-electron chi connectivity index (χ3n) is 3.20. The molecular formula is C11H18N8S. The summed E-state index contributed by atoms with van der Waals surface area (Å²) in [6.07, 6.45) is 3.39. The summed E-state index contributed by atoms with van der Waals surface area (Å²) in [6.45, 7) is 3.37. The lowest BCUT2D eigenvalue weighted by molar-refractivity contribution is 0.564. The van der Waals surface area contributed by atoms with Crippen molar-refractivity contribution in [2.45, 2.75) is 56.2 Å². The number of rotatable bonds is 7. The predicted molar refractivity (Wildman–Crippen MR) is 73.9 cm³/mol. The molecule has 3 rings (SSSR count). The van der Waals surface area contributed by atoms with E-state index in [-0.39, 0.29) is 0 Å². The molecule has 0 unspecified atom stereocenters. The fourth-order valence-corrected chi connectivity index (χ4v) is 3.04. The zero-order valence-electron chi connectivity index (χ0n) is 11.4. The van der Waals surface area contributed by atoms with Crippen LogP contribution in [-0.4, -0.2) is 35.0 Å². The van der Waals surface area contributed by atoms with Crippen LogP contribution in [0.15, 0.2) is 5.16 Å². The Morgan fingerprint density at radius 1 is 1.25 bits per heavy atom. The molecule has 0 aromatic carbocycles. The lowest BCUT2D eigenvalue weighted by Crippen LogP contribution is -2.08. The number of aryl methyl sites for hydroxylation is 1.